The molecule has 0 aliphatic rings. The van der Waals surface area contributed by atoms with E-state index in [1.54, 1.807) is 0 Å². The molecule has 1 aromatic heterocycles. The predicted octanol–water partition coefficient (Wildman–Crippen LogP) is 4.81. The van der Waals surface area contributed by atoms with E-state index < -0.39 is 0 Å². The van der Waals surface area contributed by atoms with Gasteiger partial charge in [0, 0.05) is 30.0 Å². The molecule has 4 nitrogen and oxygen atoms in total. The standard InChI is InChI=1S/C18H24N4.C2H6/c1-5-6-14(3)19-11-12-20-18-17(15(4)21-22-18)16-9-7-13(2)8-10-16;1-2/h5-10,19H,3,11-12H2,1-2,4H3,(H2,20,21,22);1-2H3/b6-5+;. The molecule has 130 valence electrons. The van der Waals surface area contributed by atoms with Gasteiger partial charge in [-0.05, 0) is 32.4 Å². The van der Waals surface area contributed by atoms with E-state index in [0.717, 1.165) is 35.9 Å². The number of hydrogen-bond donors (Lipinski definition) is 3. The molecule has 1 heterocycles. The van der Waals surface area contributed by atoms with Crippen LogP contribution in [-0.2, 0) is 0 Å². The summed E-state index contributed by atoms with van der Waals surface area (Å²) in [6.07, 6.45) is 3.92. The number of benzene rings is 1. The number of rotatable bonds is 7. The van der Waals surface area contributed by atoms with Gasteiger partial charge in [0.25, 0.3) is 0 Å². The topological polar surface area (TPSA) is 52.7 Å². The van der Waals surface area contributed by atoms with Crippen molar-refractivity contribution in [2.45, 2.75) is 34.6 Å². The molecule has 1 aromatic carbocycles. The number of aromatic nitrogens is 2. The lowest BCUT2D eigenvalue weighted by atomic mass is 10.0. The van der Waals surface area contributed by atoms with Gasteiger partial charge in [-0.1, -0.05) is 56.3 Å². The van der Waals surface area contributed by atoms with Gasteiger partial charge in [0.1, 0.15) is 0 Å². The Balaban J connectivity index is 0.00000139. The molecule has 0 aliphatic carbocycles. The Morgan fingerprint density at radius 2 is 1.83 bits per heavy atom. The van der Waals surface area contributed by atoms with Gasteiger partial charge in [0.2, 0.25) is 0 Å². The van der Waals surface area contributed by atoms with Crippen LogP contribution in [0.4, 0.5) is 5.82 Å². The molecule has 4 heteroatoms. The second kappa shape index (κ2) is 10.3. The maximum Gasteiger partial charge on any atom is 0.156 e. The zero-order valence-electron chi connectivity index (χ0n) is 15.5. The first-order valence-corrected chi connectivity index (χ1v) is 8.53. The van der Waals surface area contributed by atoms with Crippen LogP contribution in [0.15, 0.2) is 48.7 Å². The molecule has 0 radical (unpaired) electrons. The van der Waals surface area contributed by atoms with Gasteiger partial charge < -0.3 is 10.6 Å². The Morgan fingerprint density at radius 1 is 1.17 bits per heavy atom. The second-order valence-electron chi connectivity index (χ2n) is 5.32. The number of aromatic amines is 1. The molecule has 0 saturated heterocycles. The Labute approximate surface area is 146 Å². The number of H-pyrrole nitrogens is 1. The molecule has 24 heavy (non-hydrogen) atoms. The highest BCUT2D eigenvalue weighted by Gasteiger charge is 2.11. The number of allylic oxidation sites excluding steroid dienone is 2. The van der Waals surface area contributed by atoms with Gasteiger partial charge in [-0.2, -0.15) is 5.10 Å². The average molecular weight is 326 g/mol. The molecular weight excluding hydrogens is 296 g/mol. The molecule has 0 bridgehead atoms. The number of anilines is 1. The first-order chi connectivity index (χ1) is 11.6. The Bertz CT molecular complexity index is 651. The van der Waals surface area contributed by atoms with Crippen LogP contribution in [0.3, 0.4) is 0 Å². The summed E-state index contributed by atoms with van der Waals surface area (Å²) in [6.45, 7) is 15.6. The zero-order chi connectivity index (χ0) is 17.9. The number of aryl methyl sites for hydroxylation is 2. The van der Waals surface area contributed by atoms with Gasteiger partial charge >= 0.3 is 0 Å². The molecule has 0 spiro atoms. The highest BCUT2D eigenvalue weighted by atomic mass is 15.2. The van der Waals surface area contributed by atoms with Crippen molar-refractivity contribution < 1.29 is 0 Å². The van der Waals surface area contributed by atoms with Gasteiger partial charge in [-0.3, -0.25) is 5.10 Å². The minimum atomic E-state index is 0.778. The van der Waals surface area contributed by atoms with E-state index in [2.05, 4.69) is 58.6 Å². The lowest BCUT2D eigenvalue weighted by molar-refractivity contribution is 0.836. The predicted molar refractivity (Wildman–Crippen MR) is 105 cm³/mol. The minimum Gasteiger partial charge on any atom is -0.384 e. The van der Waals surface area contributed by atoms with E-state index in [9.17, 15) is 0 Å². The van der Waals surface area contributed by atoms with Crippen LogP contribution in [-0.4, -0.2) is 23.3 Å². The van der Waals surface area contributed by atoms with Crippen LogP contribution in [0.1, 0.15) is 32.0 Å². The van der Waals surface area contributed by atoms with E-state index >= 15 is 0 Å². The van der Waals surface area contributed by atoms with Crippen LogP contribution in [0.5, 0.6) is 0 Å². The summed E-state index contributed by atoms with van der Waals surface area (Å²) in [5, 5.41) is 14.0. The van der Waals surface area contributed by atoms with Gasteiger partial charge in [0.05, 0.1) is 0 Å². The summed E-state index contributed by atoms with van der Waals surface area (Å²) >= 11 is 0. The summed E-state index contributed by atoms with van der Waals surface area (Å²) in [5.41, 5.74) is 5.54. The molecule has 0 unspecified atom stereocenters. The molecular formula is C20H30N4. The number of nitrogens with one attached hydrogen (secondary N) is 3. The van der Waals surface area contributed by atoms with Crippen molar-refractivity contribution in [3.05, 3.63) is 60.0 Å². The van der Waals surface area contributed by atoms with Crippen molar-refractivity contribution in [3.8, 4) is 11.1 Å². The average Bonchev–Trinajstić information content (AvgIpc) is 2.95. The van der Waals surface area contributed by atoms with E-state index in [1.807, 2.05) is 39.8 Å². The van der Waals surface area contributed by atoms with E-state index in [4.69, 9.17) is 0 Å². The fourth-order valence-electron chi connectivity index (χ4n) is 2.29. The van der Waals surface area contributed by atoms with E-state index in [1.165, 1.54) is 11.1 Å². The van der Waals surface area contributed by atoms with Crippen LogP contribution in [0, 0.1) is 13.8 Å². The van der Waals surface area contributed by atoms with Crippen molar-refractivity contribution in [2.75, 3.05) is 18.4 Å². The third-order valence-electron chi connectivity index (χ3n) is 3.42. The monoisotopic (exact) mass is 326 g/mol. The molecule has 0 atom stereocenters. The maximum absolute atomic E-state index is 4.37. The molecule has 2 rings (SSSR count). The Hall–Kier alpha value is -2.49. The summed E-state index contributed by atoms with van der Waals surface area (Å²) in [5.74, 6) is 0.889. The third kappa shape index (κ3) is 5.61. The largest absolute Gasteiger partial charge is 0.384 e. The smallest absolute Gasteiger partial charge is 0.156 e. The van der Waals surface area contributed by atoms with Crippen molar-refractivity contribution >= 4 is 5.82 Å². The molecule has 0 saturated carbocycles. The zero-order valence-corrected chi connectivity index (χ0v) is 15.5. The van der Waals surface area contributed by atoms with Crippen molar-refractivity contribution in [3.63, 3.8) is 0 Å². The van der Waals surface area contributed by atoms with E-state index in [-0.39, 0.29) is 0 Å². The van der Waals surface area contributed by atoms with Crippen molar-refractivity contribution in [1.82, 2.24) is 15.5 Å². The second-order valence-corrected chi connectivity index (χ2v) is 5.32. The number of nitrogens with zero attached hydrogens (tertiary/aromatic N) is 1. The van der Waals surface area contributed by atoms with Gasteiger partial charge in [0.15, 0.2) is 5.82 Å². The Kier molecular flexibility index (Phi) is 8.41. The summed E-state index contributed by atoms with van der Waals surface area (Å²) in [4.78, 5) is 0. The molecule has 2 aromatic rings. The lowest BCUT2D eigenvalue weighted by Gasteiger charge is -2.09. The van der Waals surface area contributed by atoms with Crippen LogP contribution < -0.4 is 10.6 Å². The first kappa shape index (κ1) is 19.6. The third-order valence-corrected chi connectivity index (χ3v) is 3.42. The molecule has 0 aliphatic heterocycles. The highest BCUT2D eigenvalue weighted by molar-refractivity contribution is 5.77. The van der Waals surface area contributed by atoms with Crippen LogP contribution >= 0.6 is 0 Å². The van der Waals surface area contributed by atoms with Gasteiger partial charge in [-0.15, -0.1) is 0 Å². The highest BCUT2D eigenvalue weighted by Crippen LogP contribution is 2.29. The van der Waals surface area contributed by atoms with Crippen LogP contribution in [0.25, 0.3) is 11.1 Å². The molecule has 0 amide bonds. The summed E-state index contributed by atoms with van der Waals surface area (Å²) in [6, 6.07) is 8.50. The summed E-state index contributed by atoms with van der Waals surface area (Å²) < 4.78 is 0. The molecule has 3 N–H and O–H groups in total. The first-order valence-electron chi connectivity index (χ1n) is 8.53. The number of hydrogen-bond acceptors (Lipinski definition) is 3. The SMILES string of the molecule is C=C(/C=C/C)NCCNc1n[nH]c(C)c1-c1ccc(C)cc1.CC. The van der Waals surface area contributed by atoms with Crippen molar-refractivity contribution in [2.24, 2.45) is 0 Å². The van der Waals surface area contributed by atoms with Crippen LogP contribution in [0.2, 0.25) is 0 Å². The Morgan fingerprint density at radius 3 is 2.46 bits per heavy atom. The quantitative estimate of drug-likeness (QED) is 0.505. The summed E-state index contributed by atoms with van der Waals surface area (Å²) in [7, 11) is 0. The van der Waals surface area contributed by atoms with Crippen molar-refractivity contribution in [1.29, 1.82) is 0 Å². The van der Waals surface area contributed by atoms with Gasteiger partial charge in [-0.25, -0.2) is 0 Å². The van der Waals surface area contributed by atoms with E-state index in [0.29, 0.717) is 0 Å². The normalized spacial score (nSPS) is 10.2. The fraction of sp³-hybridized carbons (Fsp3) is 0.350. The maximum atomic E-state index is 4.37. The minimum absolute atomic E-state index is 0.778. The lowest BCUT2D eigenvalue weighted by Crippen LogP contribution is -2.20. The fourth-order valence-corrected chi connectivity index (χ4v) is 2.29. The molecule has 0 fully saturated rings.